The van der Waals surface area contributed by atoms with Crippen LogP contribution < -0.4 is 15.4 Å². The van der Waals surface area contributed by atoms with Gasteiger partial charge in [-0.2, -0.15) is 0 Å². The maximum atomic E-state index is 12.0. The molecule has 2 aromatic rings. The highest BCUT2D eigenvalue weighted by atomic mass is 16.5. The van der Waals surface area contributed by atoms with Crippen LogP contribution in [0.2, 0.25) is 0 Å². The van der Waals surface area contributed by atoms with Gasteiger partial charge in [0.2, 0.25) is 0 Å². The first-order valence-electron chi connectivity index (χ1n) is 8.06. The van der Waals surface area contributed by atoms with E-state index in [0.29, 0.717) is 18.2 Å². The summed E-state index contributed by atoms with van der Waals surface area (Å²) in [7, 11) is 0. The zero-order valence-corrected chi connectivity index (χ0v) is 14.1. The number of carbonyl (C=O) groups excluding carboxylic acids is 1. The van der Waals surface area contributed by atoms with Crippen LogP contribution in [0, 0.1) is 0 Å². The highest BCUT2D eigenvalue weighted by molar-refractivity contribution is 5.89. The fourth-order valence-corrected chi connectivity index (χ4v) is 2.25. The van der Waals surface area contributed by atoms with Crippen LogP contribution >= 0.6 is 0 Å². The Hall–Kier alpha value is -2.53. The van der Waals surface area contributed by atoms with Crippen molar-refractivity contribution in [2.75, 3.05) is 18.5 Å². The Morgan fingerprint density at radius 2 is 1.83 bits per heavy atom. The van der Waals surface area contributed by atoms with Crippen LogP contribution in [0.5, 0.6) is 5.75 Å². The van der Waals surface area contributed by atoms with Gasteiger partial charge in [-0.15, -0.1) is 0 Å². The van der Waals surface area contributed by atoms with E-state index in [2.05, 4.69) is 24.5 Å². The minimum atomic E-state index is -0.274. The minimum Gasteiger partial charge on any atom is -0.491 e. The third-order valence-electron chi connectivity index (χ3n) is 3.60. The van der Waals surface area contributed by atoms with E-state index in [0.717, 1.165) is 11.3 Å². The Morgan fingerprint density at radius 1 is 1.12 bits per heavy atom. The van der Waals surface area contributed by atoms with Crippen molar-refractivity contribution < 1.29 is 14.6 Å². The van der Waals surface area contributed by atoms with Crippen molar-refractivity contribution >= 4 is 11.7 Å². The number of carbonyl (C=O) groups is 1. The van der Waals surface area contributed by atoms with Crippen LogP contribution in [-0.2, 0) is 6.54 Å². The van der Waals surface area contributed by atoms with Crippen molar-refractivity contribution in [1.29, 1.82) is 0 Å². The molecule has 0 saturated heterocycles. The summed E-state index contributed by atoms with van der Waals surface area (Å²) in [5.41, 5.74) is 2.84. The van der Waals surface area contributed by atoms with E-state index >= 15 is 0 Å². The molecular formula is C19H24N2O3. The van der Waals surface area contributed by atoms with E-state index in [1.165, 1.54) is 5.56 Å². The quantitative estimate of drug-likeness (QED) is 0.728. The van der Waals surface area contributed by atoms with Gasteiger partial charge in [0.05, 0.1) is 6.61 Å². The Balaban J connectivity index is 1.89. The van der Waals surface area contributed by atoms with Crippen LogP contribution in [0.15, 0.2) is 48.5 Å². The van der Waals surface area contributed by atoms with E-state index in [-0.39, 0.29) is 19.2 Å². The van der Waals surface area contributed by atoms with Gasteiger partial charge in [0.1, 0.15) is 12.4 Å². The molecular weight excluding hydrogens is 304 g/mol. The lowest BCUT2D eigenvalue weighted by Gasteiger charge is -2.12. The van der Waals surface area contributed by atoms with E-state index in [1.54, 1.807) is 0 Å². The fourth-order valence-electron chi connectivity index (χ4n) is 2.25. The SMILES string of the molecule is CC(C)c1ccc(NC(=O)NCc2ccccc2OCCO)cc1. The Bertz CT molecular complexity index is 654. The van der Waals surface area contributed by atoms with E-state index in [1.807, 2.05) is 48.5 Å². The standard InChI is InChI=1S/C19H24N2O3/c1-14(2)15-7-9-17(10-8-15)21-19(23)20-13-16-5-3-4-6-18(16)24-12-11-22/h3-10,14,22H,11-13H2,1-2H3,(H2,20,21,23). The number of aliphatic hydroxyl groups excluding tert-OH is 1. The smallest absolute Gasteiger partial charge is 0.319 e. The molecule has 0 fully saturated rings. The monoisotopic (exact) mass is 328 g/mol. The van der Waals surface area contributed by atoms with Gasteiger partial charge in [-0.05, 0) is 29.7 Å². The fraction of sp³-hybridized carbons (Fsp3) is 0.316. The largest absolute Gasteiger partial charge is 0.491 e. The molecule has 0 radical (unpaired) electrons. The van der Waals surface area contributed by atoms with Gasteiger partial charge in [0.25, 0.3) is 0 Å². The summed E-state index contributed by atoms with van der Waals surface area (Å²) < 4.78 is 5.45. The highest BCUT2D eigenvalue weighted by Gasteiger charge is 2.06. The van der Waals surface area contributed by atoms with E-state index in [4.69, 9.17) is 9.84 Å². The zero-order chi connectivity index (χ0) is 17.4. The number of para-hydroxylation sites is 1. The Morgan fingerprint density at radius 3 is 2.50 bits per heavy atom. The topological polar surface area (TPSA) is 70.6 Å². The van der Waals surface area contributed by atoms with Gasteiger partial charge < -0.3 is 20.5 Å². The third-order valence-corrected chi connectivity index (χ3v) is 3.60. The Labute approximate surface area is 142 Å². The number of amides is 2. The molecule has 0 spiro atoms. The molecule has 0 aliphatic heterocycles. The third kappa shape index (κ3) is 5.28. The van der Waals surface area contributed by atoms with Gasteiger partial charge in [0.15, 0.2) is 0 Å². The number of nitrogens with one attached hydrogen (secondary N) is 2. The number of aliphatic hydroxyl groups is 1. The maximum Gasteiger partial charge on any atom is 0.319 e. The second kappa shape index (κ2) is 8.93. The average molecular weight is 328 g/mol. The van der Waals surface area contributed by atoms with Gasteiger partial charge in [0, 0.05) is 17.8 Å². The number of benzene rings is 2. The molecule has 0 atom stereocenters. The number of hydrogen-bond acceptors (Lipinski definition) is 3. The predicted octanol–water partition coefficient (Wildman–Crippen LogP) is 3.50. The van der Waals surface area contributed by atoms with Crippen LogP contribution in [0.1, 0.15) is 30.9 Å². The number of hydrogen-bond donors (Lipinski definition) is 3. The number of urea groups is 1. The lowest BCUT2D eigenvalue weighted by atomic mass is 10.0. The Kier molecular flexibility index (Phi) is 6.63. The molecule has 3 N–H and O–H groups in total. The summed E-state index contributed by atoms with van der Waals surface area (Å²) in [6, 6.07) is 15.0. The molecule has 5 heteroatoms. The summed E-state index contributed by atoms with van der Waals surface area (Å²) in [6.07, 6.45) is 0. The lowest BCUT2D eigenvalue weighted by Crippen LogP contribution is -2.28. The molecule has 2 rings (SSSR count). The molecule has 0 bridgehead atoms. The van der Waals surface area contributed by atoms with Gasteiger partial charge >= 0.3 is 6.03 Å². The molecule has 24 heavy (non-hydrogen) atoms. The molecule has 0 aromatic heterocycles. The van der Waals surface area contributed by atoms with Crippen LogP contribution in [-0.4, -0.2) is 24.4 Å². The zero-order valence-electron chi connectivity index (χ0n) is 14.1. The molecule has 0 heterocycles. The average Bonchev–Trinajstić information content (AvgIpc) is 2.59. The van der Waals surface area contributed by atoms with Gasteiger partial charge in [-0.3, -0.25) is 0 Å². The summed E-state index contributed by atoms with van der Waals surface area (Å²) in [4.78, 5) is 12.0. The predicted molar refractivity (Wildman–Crippen MR) is 95.4 cm³/mol. The highest BCUT2D eigenvalue weighted by Crippen LogP contribution is 2.18. The van der Waals surface area contributed by atoms with Gasteiger partial charge in [-0.1, -0.05) is 44.2 Å². The second-order valence-corrected chi connectivity index (χ2v) is 5.76. The summed E-state index contributed by atoms with van der Waals surface area (Å²) in [5, 5.41) is 14.5. The molecule has 2 amide bonds. The molecule has 0 unspecified atom stereocenters. The summed E-state index contributed by atoms with van der Waals surface area (Å²) in [5.74, 6) is 1.12. The van der Waals surface area contributed by atoms with Crippen molar-refractivity contribution in [2.24, 2.45) is 0 Å². The number of anilines is 1. The second-order valence-electron chi connectivity index (χ2n) is 5.76. The first-order valence-corrected chi connectivity index (χ1v) is 8.06. The molecule has 2 aromatic carbocycles. The van der Waals surface area contributed by atoms with Crippen molar-refractivity contribution in [1.82, 2.24) is 5.32 Å². The van der Waals surface area contributed by atoms with E-state index in [9.17, 15) is 4.79 Å². The molecule has 0 aliphatic carbocycles. The van der Waals surface area contributed by atoms with Crippen LogP contribution in [0.3, 0.4) is 0 Å². The molecule has 0 aliphatic rings. The molecule has 5 nitrogen and oxygen atoms in total. The van der Waals surface area contributed by atoms with E-state index < -0.39 is 0 Å². The first kappa shape index (κ1) is 17.8. The molecule has 0 saturated carbocycles. The van der Waals surface area contributed by atoms with Crippen molar-refractivity contribution in [3.8, 4) is 5.75 Å². The summed E-state index contributed by atoms with van der Waals surface area (Å²) >= 11 is 0. The normalized spacial score (nSPS) is 10.5. The van der Waals surface area contributed by atoms with Crippen LogP contribution in [0.25, 0.3) is 0 Å². The summed E-state index contributed by atoms with van der Waals surface area (Å²) in [6.45, 7) is 4.79. The van der Waals surface area contributed by atoms with Crippen molar-refractivity contribution in [3.63, 3.8) is 0 Å². The lowest BCUT2D eigenvalue weighted by molar-refractivity contribution is 0.200. The maximum absolute atomic E-state index is 12.0. The number of ether oxygens (including phenoxy) is 1. The first-order chi connectivity index (χ1) is 11.6. The minimum absolute atomic E-state index is 0.0470. The molecule has 128 valence electrons. The van der Waals surface area contributed by atoms with Gasteiger partial charge in [-0.25, -0.2) is 4.79 Å². The number of rotatable bonds is 7. The van der Waals surface area contributed by atoms with Crippen LogP contribution in [0.4, 0.5) is 10.5 Å². The van der Waals surface area contributed by atoms with Crippen molar-refractivity contribution in [2.45, 2.75) is 26.3 Å². The van der Waals surface area contributed by atoms with Crippen molar-refractivity contribution in [3.05, 3.63) is 59.7 Å².